The van der Waals surface area contributed by atoms with Gasteiger partial charge in [-0.15, -0.1) is 0 Å². The monoisotopic (exact) mass is 237 g/mol. The SMILES string of the molecule is C=CC1=C(C=C)N(C)c2ccccc2C1C(=C)C. The molecule has 0 bridgehead atoms. The molecule has 1 aromatic carbocycles. The zero-order chi connectivity index (χ0) is 13.3. The number of likely N-dealkylation sites (N-methyl/N-ethyl adjacent to an activating group) is 1. The van der Waals surface area contributed by atoms with Crippen LogP contribution in [0.3, 0.4) is 0 Å². The van der Waals surface area contributed by atoms with Crippen LogP contribution < -0.4 is 4.90 Å². The number of allylic oxidation sites excluding steroid dienone is 4. The first-order valence-electron chi connectivity index (χ1n) is 6.09. The van der Waals surface area contributed by atoms with Crippen LogP contribution in [0.5, 0.6) is 0 Å². The van der Waals surface area contributed by atoms with Crippen LogP contribution in [0.15, 0.2) is 73.0 Å². The Morgan fingerprint density at radius 2 is 1.89 bits per heavy atom. The van der Waals surface area contributed by atoms with Crippen molar-refractivity contribution in [1.82, 2.24) is 0 Å². The second kappa shape index (κ2) is 4.69. The molecule has 0 saturated heterocycles. The largest absolute Gasteiger partial charge is 0.344 e. The van der Waals surface area contributed by atoms with Crippen molar-refractivity contribution >= 4 is 5.69 Å². The Labute approximate surface area is 109 Å². The highest BCUT2D eigenvalue weighted by Crippen LogP contribution is 2.44. The van der Waals surface area contributed by atoms with Crippen molar-refractivity contribution in [3.8, 4) is 0 Å². The first-order chi connectivity index (χ1) is 8.61. The molecular formula is C17H19N. The fourth-order valence-electron chi connectivity index (χ4n) is 2.68. The lowest BCUT2D eigenvalue weighted by Gasteiger charge is -2.36. The highest BCUT2D eigenvalue weighted by Gasteiger charge is 2.28. The minimum Gasteiger partial charge on any atom is -0.344 e. The molecule has 1 aromatic rings. The van der Waals surface area contributed by atoms with E-state index in [4.69, 9.17) is 0 Å². The van der Waals surface area contributed by atoms with Crippen LogP contribution in [0.1, 0.15) is 18.4 Å². The first kappa shape index (κ1) is 12.4. The Kier molecular flexibility index (Phi) is 3.24. The molecule has 1 aliphatic rings. The predicted molar refractivity (Wildman–Crippen MR) is 79.8 cm³/mol. The second-order valence-corrected chi connectivity index (χ2v) is 4.65. The standard InChI is InChI=1S/C17H19N/c1-6-13-15(7-2)18(5)16-11-9-8-10-14(16)17(13)12(3)4/h6-11,17H,1-3H2,4-5H3. The average Bonchev–Trinajstić information content (AvgIpc) is 2.38. The predicted octanol–water partition coefficient (Wildman–Crippen LogP) is 4.42. The van der Waals surface area contributed by atoms with Crippen molar-refractivity contribution in [2.24, 2.45) is 0 Å². The molecule has 18 heavy (non-hydrogen) atoms. The van der Waals surface area contributed by atoms with Crippen LogP contribution in [0.4, 0.5) is 5.69 Å². The summed E-state index contributed by atoms with van der Waals surface area (Å²) in [6, 6.07) is 8.43. The minimum absolute atomic E-state index is 0.211. The van der Waals surface area contributed by atoms with Gasteiger partial charge < -0.3 is 4.90 Å². The van der Waals surface area contributed by atoms with Gasteiger partial charge >= 0.3 is 0 Å². The zero-order valence-electron chi connectivity index (χ0n) is 11.1. The molecule has 1 aliphatic heterocycles. The molecule has 0 amide bonds. The maximum Gasteiger partial charge on any atom is 0.0450 e. The summed E-state index contributed by atoms with van der Waals surface area (Å²) in [4.78, 5) is 2.17. The number of benzene rings is 1. The Hall–Kier alpha value is -2.02. The normalized spacial score (nSPS) is 18.3. The van der Waals surface area contributed by atoms with Crippen molar-refractivity contribution in [3.05, 3.63) is 78.6 Å². The maximum atomic E-state index is 4.13. The Bertz CT molecular complexity index is 548. The molecule has 0 saturated carbocycles. The molecule has 0 aliphatic carbocycles. The Morgan fingerprint density at radius 3 is 2.44 bits per heavy atom. The van der Waals surface area contributed by atoms with Gasteiger partial charge in [-0.25, -0.2) is 0 Å². The molecule has 2 rings (SSSR count). The number of hydrogen-bond acceptors (Lipinski definition) is 1. The third-order valence-electron chi connectivity index (χ3n) is 3.48. The van der Waals surface area contributed by atoms with Crippen molar-refractivity contribution in [2.75, 3.05) is 11.9 Å². The summed E-state index contributed by atoms with van der Waals surface area (Å²) < 4.78 is 0. The van der Waals surface area contributed by atoms with Crippen molar-refractivity contribution in [1.29, 1.82) is 0 Å². The Balaban J connectivity index is 2.74. The van der Waals surface area contributed by atoms with E-state index in [2.05, 4.69) is 62.9 Å². The summed E-state index contributed by atoms with van der Waals surface area (Å²) in [6.07, 6.45) is 3.81. The van der Waals surface area contributed by atoms with Gasteiger partial charge in [0.1, 0.15) is 0 Å². The van der Waals surface area contributed by atoms with Crippen molar-refractivity contribution < 1.29 is 0 Å². The summed E-state index contributed by atoms with van der Waals surface area (Å²) >= 11 is 0. The number of rotatable bonds is 3. The lowest BCUT2D eigenvalue weighted by atomic mass is 9.81. The summed E-state index contributed by atoms with van der Waals surface area (Å²) in [6.45, 7) is 14.1. The van der Waals surface area contributed by atoms with Crippen LogP contribution in [0, 0.1) is 0 Å². The fourth-order valence-corrected chi connectivity index (χ4v) is 2.68. The topological polar surface area (TPSA) is 3.24 Å². The van der Waals surface area contributed by atoms with E-state index in [-0.39, 0.29) is 5.92 Å². The smallest absolute Gasteiger partial charge is 0.0450 e. The molecule has 0 fully saturated rings. The van der Waals surface area contributed by atoms with Crippen molar-refractivity contribution in [3.63, 3.8) is 0 Å². The maximum absolute atomic E-state index is 4.13. The average molecular weight is 237 g/mol. The molecule has 0 aromatic heterocycles. The van der Waals surface area contributed by atoms with Crippen LogP contribution in [-0.4, -0.2) is 7.05 Å². The van der Waals surface area contributed by atoms with Gasteiger partial charge in [0.2, 0.25) is 0 Å². The third-order valence-corrected chi connectivity index (χ3v) is 3.48. The first-order valence-corrected chi connectivity index (χ1v) is 6.09. The van der Waals surface area contributed by atoms with Crippen LogP contribution in [0.25, 0.3) is 0 Å². The van der Waals surface area contributed by atoms with Gasteiger partial charge in [0.25, 0.3) is 0 Å². The van der Waals surface area contributed by atoms with E-state index in [9.17, 15) is 0 Å². The van der Waals surface area contributed by atoms with Gasteiger partial charge in [-0.05, 0) is 30.2 Å². The number of para-hydroxylation sites is 1. The van der Waals surface area contributed by atoms with E-state index in [0.29, 0.717) is 0 Å². The minimum atomic E-state index is 0.211. The number of anilines is 1. The molecule has 1 heterocycles. The fraction of sp³-hybridized carbons (Fsp3) is 0.176. The summed E-state index contributed by atoms with van der Waals surface area (Å²) in [5.41, 5.74) is 5.92. The Morgan fingerprint density at radius 1 is 1.22 bits per heavy atom. The van der Waals surface area contributed by atoms with Gasteiger partial charge in [-0.1, -0.05) is 49.6 Å². The second-order valence-electron chi connectivity index (χ2n) is 4.65. The molecule has 1 nitrogen and oxygen atoms in total. The van der Waals surface area contributed by atoms with Crippen LogP contribution >= 0.6 is 0 Å². The lowest BCUT2D eigenvalue weighted by Crippen LogP contribution is -2.25. The lowest BCUT2D eigenvalue weighted by molar-refractivity contribution is 0.882. The van der Waals surface area contributed by atoms with Gasteiger partial charge in [0, 0.05) is 24.4 Å². The van der Waals surface area contributed by atoms with Gasteiger partial charge in [-0.2, -0.15) is 0 Å². The summed E-state index contributed by atoms with van der Waals surface area (Å²) in [5, 5.41) is 0. The van der Waals surface area contributed by atoms with Crippen LogP contribution in [-0.2, 0) is 0 Å². The quantitative estimate of drug-likeness (QED) is 0.703. The summed E-state index contributed by atoms with van der Waals surface area (Å²) in [5.74, 6) is 0.211. The van der Waals surface area contributed by atoms with Crippen molar-refractivity contribution in [2.45, 2.75) is 12.8 Å². The highest BCUT2D eigenvalue weighted by atomic mass is 15.1. The van der Waals surface area contributed by atoms with E-state index >= 15 is 0 Å². The molecule has 92 valence electrons. The summed E-state index contributed by atoms with van der Waals surface area (Å²) in [7, 11) is 2.06. The molecule has 0 radical (unpaired) electrons. The molecule has 1 heteroatoms. The highest BCUT2D eigenvalue weighted by molar-refractivity contribution is 5.69. The molecular weight excluding hydrogens is 218 g/mol. The number of fused-ring (bicyclic) bond motifs is 1. The molecule has 0 N–H and O–H groups in total. The molecule has 1 unspecified atom stereocenters. The van der Waals surface area contributed by atoms with Gasteiger partial charge in [-0.3, -0.25) is 0 Å². The molecule has 1 atom stereocenters. The molecule has 0 spiro atoms. The van der Waals surface area contributed by atoms with E-state index in [1.807, 2.05) is 12.2 Å². The van der Waals surface area contributed by atoms with Gasteiger partial charge in [0.05, 0.1) is 0 Å². The third kappa shape index (κ3) is 1.72. The van der Waals surface area contributed by atoms with Gasteiger partial charge in [0.15, 0.2) is 0 Å². The number of nitrogens with zero attached hydrogens (tertiary/aromatic N) is 1. The number of hydrogen-bond donors (Lipinski definition) is 0. The van der Waals surface area contributed by atoms with E-state index in [1.165, 1.54) is 16.8 Å². The van der Waals surface area contributed by atoms with E-state index in [1.54, 1.807) is 0 Å². The van der Waals surface area contributed by atoms with E-state index < -0.39 is 0 Å². The zero-order valence-corrected chi connectivity index (χ0v) is 11.1. The van der Waals surface area contributed by atoms with Crippen LogP contribution in [0.2, 0.25) is 0 Å². The van der Waals surface area contributed by atoms with E-state index in [0.717, 1.165) is 11.3 Å².